The summed E-state index contributed by atoms with van der Waals surface area (Å²) in [5, 5.41) is 11.7. The first-order chi connectivity index (χ1) is 9.47. The Bertz CT molecular complexity index is 556. The molecule has 1 unspecified atom stereocenters. The minimum atomic E-state index is -1.07. The van der Waals surface area contributed by atoms with Crippen molar-refractivity contribution in [1.29, 1.82) is 0 Å². The van der Waals surface area contributed by atoms with Crippen LogP contribution in [0, 0.1) is 0 Å². The van der Waals surface area contributed by atoms with Crippen molar-refractivity contribution in [3.63, 3.8) is 0 Å². The van der Waals surface area contributed by atoms with Gasteiger partial charge in [0, 0.05) is 31.6 Å². The van der Waals surface area contributed by atoms with E-state index in [1.165, 1.54) is 18.2 Å². The summed E-state index contributed by atoms with van der Waals surface area (Å²) in [5.74, 6) is -1.31. The fourth-order valence-corrected chi connectivity index (χ4v) is 2.19. The predicted octanol–water partition coefficient (Wildman–Crippen LogP) is 0.735. The third kappa shape index (κ3) is 3.14. The van der Waals surface area contributed by atoms with E-state index >= 15 is 0 Å². The third-order valence-electron chi connectivity index (χ3n) is 3.33. The zero-order chi connectivity index (χ0) is 14.7. The number of hydrogen-bond donors (Lipinski definition) is 2. The lowest BCUT2D eigenvalue weighted by Gasteiger charge is -2.30. The first-order valence-corrected chi connectivity index (χ1v) is 6.35. The highest BCUT2D eigenvalue weighted by Gasteiger charge is 2.24. The molecule has 0 aliphatic carbocycles. The number of carboxylic acids is 1. The number of nitrogens with zero attached hydrogens (tertiary/aromatic N) is 1. The molecule has 1 aliphatic heterocycles. The van der Waals surface area contributed by atoms with E-state index in [0.717, 1.165) is 0 Å². The van der Waals surface area contributed by atoms with E-state index in [9.17, 15) is 14.4 Å². The van der Waals surface area contributed by atoms with Gasteiger partial charge in [-0.15, -0.1) is 0 Å². The topological polar surface area (TPSA) is 86.7 Å². The first kappa shape index (κ1) is 14.0. The van der Waals surface area contributed by atoms with Crippen LogP contribution in [0.25, 0.3) is 0 Å². The number of amides is 2. The normalized spacial score (nSPS) is 18.8. The van der Waals surface area contributed by atoms with Gasteiger partial charge in [0.15, 0.2) is 0 Å². The number of carboxylic acid groups (broad SMARTS) is 1. The number of aromatic carboxylic acids is 1. The Morgan fingerprint density at radius 3 is 2.70 bits per heavy atom. The van der Waals surface area contributed by atoms with Gasteiger partial charge in [-0.05, 0) is 24.6 Å². The van der Waals surface area contributed by atoms with Gasteiger partial charge in [0.2, 0.25) is 5.91 Å². The summed E-state index contributed by atoms with van der Waals surface area (Å²) in [5.41, 5.74) is 0.387. The van der Waals surface area contributed by atoms with Crippen molar-refractivity contribution in [3.05, 3.63) is 35.4 Å². The number of likely N-dealkylation sites (tertiary alicyclic amines) is 1. The van der Waals surface area contributed by atoms with Crippen molar-refractivity contribution < 1.29 is 19.5 Å². The van der Waals surface area contributed by atoms with Gasteiger partial charge in [0.25, 0.3) is 5.91 Å². The Balaban J connectivity index is 2.03. The van der Waals surface area contributed by atoms with Crippen molar-refractivity contribution in [2.75, 3.05) is 13.6 Å². The van der Waals surface area contributed by atoms with Crippen molar-refractivity contribution in [1.82, 2.24) is 10.2 Å². The van der Waals surface area contributed by atoms with E-state index in [1.54, 1.807) is 18.0 Å². The summed E-state index contributed by atoms with van der Waals surface area (Å²) in [4.78, 5) is 35.9. The van der Waals surface area contributed by atoms with E-state index in [4.69, 9.17) is 5.11 Å². The summed E-state index contributed by atoms with van der Waals surface area (Å²) < 4.78 is 0. The molecular weight excluding hydrogens is 260 g/mol. The molecule has 20 heavy (non-hydrogen) atoms. The number of hydrogen-bond acceptors (Lipinski definition) is 3. The molecule has 106 valence electrons. The van der Waals surface area contributed by atoms with Crippen molar-refractivity contribution >= 4 is 17.8 Å². The molecule has 2 rings (SSSR count). The monoisotopic (exact) mass is 276 g/mol. The van der Waals surface area contributed by atoms with E-state index in [-0.39, 0.29) is 23.4 Å². The van der Waals surface area contributed by atoms with Crippen LogP contribution in [-0.4, -0.2) is 47.4 Å². The highest BCUT2D eigenvalue weighted by Crippen LogP contribution is 2.11. The standard InChI is InChI=1S/C14H16N2O4/c1-16-8-11(5-6-12(16)17)15-13(18)9-3-2-4-10(7-9)14(19)20/h2-4,7,11H,5-6,8H2,1H3,(H,15,18)(H,19,20). The van der Waals surface area contributed by atoms with Crippen molar-refractivity contribution in [3.8, 4) is 0 Å². The average Bonchev–Trinajstić information content (AvgIpc) is 2.43. The van der Waals surface area contributed by atoms with E-state index in [2.05, 4.69) is 5.32 Å². The molecule has 0 saturated carbocycles. The fraction of sp³-hybridized carbons (Fsp3) is 0.357. The Morgan fingerprint density at radius 1 is 1.35 bits per heavy atom. The number of carbonyl (C=O) groups excluding carboxylic acids is 2. The molecule has 1 aromatic carbocycles. The molecule has 1 aliphatic rings. The third-order valence-corrected chi connectivity index (χ3v) is 3.33. The van der Waals surface area contributed by atoms with Crippen LogP contribution >= 0.6 is 0 Å². The fourth-order valence-electron chi connectivity index (χ4n) is 2.19. The molecular formula is C14H16N2O4. The summed E-state index contributed by atoms with van der Waals surface area (Å²) >= 11 is 0. The molecule has 6 heteroatoms. The molecule has 0 radical (unpaired) electrons. The van der Waals surface area contributed by atoms with Crippen LogP contribution in [0.15, 0.2) is 24.3 Å². The molecule has 1 atom stereocenters. The number of nitrogens with one attached hydrogen (secondary N) is 1. The molecule has 1 aromatic rings. The zero-order valence-electron chi connectivity index (χ0n) is 11.1. The molecule has 0 spiro atoms. The van der Waals surface area contributed by atoms with Crippen LogP contribution in [0.1, 0.15) is 33.6 Å². The van der Waals surface area contributed by atoms with E-state index in [1.807, 2.05) is 0 Å². The number of likely N-dealkylation sites (N-methyl/N-ethyl adjacent to an activating group) is 1. The highest BCUT2D eigenvalue weighted by molar-refractivity contribution is 5.97. The lowest BCUT2D eigenvalue weighted by molar-refractivity contribution is -0.132. The summed E-state index contributed by atoms with van der Waals surface area (Å²) in [6, 6.07) is 5.79. The SMILES string of the molecule is CN1CC(NC(=O)c2cccc(C(=O)O)c2)CCC1=O. The second-order valence-electron chi connectivity index (χ2n) is 4.87. The number of rotatable bonds is 3. The van der Waals surface area contributed by atoms with Gasteiger partial charge in [-0.2, -0.15) is 0 Å². The Kier molecular flexibility index (Phi) is 4.02. The number of carbonyl (C=O) groups is 3. The molecule has 2 amide bonds. The maximum atomic E-state index is 12.1. The van der Waals surface area contributed by atoms with Gasteiger partial charge in [0.05, 0.1) is 5.56 Å². The second kappa shape index (κ2) is 5.73. The quantitative estimate of drug-likeness (QED) is 0.852. The lowest BCUT2D eigenvalue weighted by atomic mass is 10.0. The van der Waals surface area contributed by atoms with E-state index in [0.29, 0.717) is 24.9 Å². The Morgan fingerprint density at radius 2 is 2.05 bits per heavy atom. The number of piperidine rings is 1. The maximum Gasteiger partial charge on any atom is 0.335 e. The maximum absolute atomic E-state index is 12.1. The van der Waals surface area contributed by atoms with Crippen LogP contribution in [0.5, 0.6) is 0 Å². The van der Waals surface area contributed by atoms with Crippen LogP contribution in [0.4, 0.5) is 0 Å². The van der Waals surface area contributed by atoms with Crippen LogP contribution in [0.2, 0.25) is 0 Å². The van der Waals surface area contributed by atoms with Crippen LogP contribution in [-0.2, 0) is 4.79 Å². The molecule has 6 nitrogen and oxygen atoms in total. The molecule has 2 N–H and O–H groups in total. The summed E-state index contributed by atoms with van der Waals surface area (Å²) in [7, 11) is 1.70. The molecule has 0 bridgehead atoms. The van der Waals surface area contributed by atoms with Crippen molar-refractivity contribution in [2.45, 2.75) is 18.9 Å². The molecule has 1 saturated heterocycles. The second-order valence-corrected chi connectivity index (χ2v) is 4.87. The van der Waals surface area contributed by atoms with Gasteiger partial charge in [-0.25, -0.2) is 4.79 Å². The van der Waals surface area contributed by atoms with Crippen molar-refractivity contribution in [2.24, 2.45) is 0 Å². The largest absolute Gasteiger partial charge is 0.478 e. The van der Waals surface area contributed by atoms with Gasteiger partial charge >= 0.3 is 5.97 Å². The van der Waals surface area contributed by atoms with Crippen LogP contribution < -0.4 is 5.32 Å². The smallest absolute Gasteiger partial charge is 0.335 e. The van der Waals surface area contributed by atoms with Gasteiger partial charge in [0.1, 0.15) is 0 Å². The molecule has 0 aromatic heterocycles. The lowest BCUT2D eigenvalue weighted by Crippen LogP contribution is -2.48. The first-order valence-electron chi connectivity index (χ1n) is 6.35. The summed E-state index contributed by atoms with van der Waals surface area (Å²) in [6.45, 7) is 0.475. The van der Waals surface area contributed by atoms with E-state index < -0.39 is 5.97 Å². The zero-order valence-corrected chi connectivity index (χ0v) is 11.1. The number of benzene rings is 1. The van der Waals surface area contributed by atoms with Gasteiger partial charge < -0.3 is 15.3 Å². The van der Waals surface area contributed by atoms with Crippen LogP contribution in [0.3, 0.4) is 0 Å². The molecule has 1 fully saturated rings. The summed E-state index contributed by atoms with van der Waals surface area (Å²) in [6.07, 6.45) is 1.02. The minimum absolute atomic E-state index is 0.0726. The Labute approximate surface area is 116 Å². The average molecular weight is 276 g/mol. The Hall–Kier alpha value is -2.37. The minimum Gasteiger partial charge on any atom is -0.478 e. The van der Waals surface area contributed by atoms with Gasteiger partial charge in [-0.1, -0.05) is 6.07 Å². The molecule has 1 heterocycles. The highest BCUT2D eigenvalue weighted by atomic mass is 16.4. The van der Waals surface area contributed by atoms with Gasteiger partial charge in [-0.3, -0.25) is 9.59 Å². The predicted molar refractivity (Wildman–Crippen MR) is 71.5 cm³/mol.